The van der Waals surface area contributed by atoms with Crippen LogP contribution in [0.25, 0.3) is 0 Å². The molecule has 0 aromatic carbocycles. The molecule has 1 rings (SSSR count). The second-order valence-corrected chi connectivity index (χ2v) is 5.14. The topological polar surface area (TPSA) is 46.6 Å². The Morgan fingerprint density at radius 3 is 2.37 bits per heavy atom. The highest BCUT2D eigenvalue weighted by atomic mass is 16.5. The van der Waals surface area contributed by atoms with Crippen LogP contribution in [0.1, 0.15) is 27.2 Å². The Bertz CT molecular complexity index is 369. The predicted molar refractivity (Wildman–Crippen MR) is 74.7 cm³/mol. The van der Waals surface area contributed by atoms with Crippen molar-refractivity contribution in [2.45, 2.75) is 39.0 Å². The van der Waals surface area contributed by atoms with Crippen molar-refractivity contribution in [3.63, 3.8) is 0 Å². The van der Waals surface area contributed by atoms with Crippen molar-refractivity contribution < 1.29 is 14.3 Å². The molecular weight excluding hydrogens is 242 g/mol. The normalized spacial score (nSPS) is 19.2. The quantitative estimate of drug-likeness (QED) is 0.521. The smallest absolute Gasteiger partial charge is 0.178 e. The van der Waals surface area contributed by atoms with E-state index < -0.39 is 5.72 Å². The van der Waals surface area contributed by atoms with Gasteiger partial charge in [0.25, 0.3) is 0 Å². The van der Waals surface area contributed by atoms with Crippen LogP contribution in [0.15, 0.2) is 24.3 Å². The number of ether oxygens (including phenoxy) is 1. The zero-order valence-corrected chi connectivity index (χ0v) is 12.1. The van der Waals surface area contributed by atoms with E-state index in [9.17, 15) is 9.59 Å². The van der Waals surface area contributed by atoms with Crippen molar-refractivity contribution in [3.8, 4) is 0 Å². The zero-order valence-electron chi connectivity index (χ0n) is 12.1. The molecular formula is C15H23NO3. The number of hydrogen-bond acceptors (Lipinski definition) is 4. The van der Waals surface area contributed by atoms with Gasteiger partial charge in [0.05, 0.1) is 6.61 Å². The van der Waals surface area contributed by atoms with E-state index >= 15 is 0 Å². The molecule has 0 saturated carbocycles. The third-order valence-electron chi connectivity index (χ3n) is 3.54. The number of carbonyl (C=O) groups excluding carboxylic acids is 2. The molecule has 0 aliphatic heterocycles. The summed E-state index contributed by atoms with van der Waals surface area (Å²) in [5.74, 6) is -0.157. The lowest BCUT2D eigenvalue weighted by Gasteiger charge is -2.41. The molecule has 1 atom stereocenters. The number of nitrogens with zero attached hydrogens (tertiary/aromatic N) is 1. The van der Waals surface area contributed by atoms with Crippen LogP contribution in [0.5, 0.6) is 0 Å². The second-order valence-electron chi connectivity index (χ2n) is 5.14. The van der Waals surface area contributed by atoms with Crippen LogP contribution in [-0.4, -0.2) is 42.4 Å². The lowest BCUT2D eigenvalue weighted by atomic mass is 10.0. The molecule has 0 heterocycles. The summed E-state index contributed by atoms with van der Waals surface area (Å²) in [7, 11) is 1.94. The number of likely N-dealkylation sites (N-methyl/N-ethyl adjacent to an activating group) is 1. The number of rotatable bonds is 7. The molecule has 0 radical (unpaired) electrons. The van der Waals surface area contributed by atoms with Crippen LogP contribution in [0, 0.1) is 5.92 Å². The third-order valence-corrected chi connectivity index (χ3v) is 3.54. The maximum Gasteiger partial charge on any atom is 0.178 e. The summed E-state index contributed by atoms with van der Waals surface area (Å²) in [5, 5.41) is 0. The van der Waals surface area contributed by atoms with E-state index in [1.54, 1.807) is 12.2 Å². The summed E-state index contributed by atoms with van der Waals surface area (Å²) in [6.07, 6.45) is 8.21. The Morgan fingerprint density at radius 1 is 1.37 bits per heavy atom. The molecule has 4 heteroatoms. The largest absolute Gasteiger partial charge is 0.352 e. The van der Waals surface area contributed by atoms with Crippen molar-refractivity contribution >= 4 is 12.1 Å². The molecule has 0 bridgehead atoms. The van der Waals surface area contributed by atoms with Gasteiger partial charge in [-0.1, -0.05) is 6.92 Å². The number of aldehydes is 1. The summed E-state index contributed by atoms with van der Waals surface area (Å²) in [6.45, 7) is 6.41. The Labute approximate surface area is 115 Å². The summed E-state index contributed by atoms with van der Waals surface area (Å²) >= 11 is 0. The van der Waals surface area contributed by atoms with Crippen LogP contribution in [0.2, 0.25) is 0 Å². The second kappa shape index (κ2) is 6.78. The summed E-state index contributed by atoms with van der Waals surface area (Å²) < 4.78 is 5.95. The molecule has 1 aliphatic rings. The van der Waals surface area contributed by atoms with E-state index in [1.165, 1.54) is 12.2 Å². The lowest BCUT2D eigenvalue weighted by molar-refractivity contribution is -0.124. The van der Waals surface area contributed by atoms with Gasteiger partial charge in [0.1, 0.15) is 6.29 Å². The molecule has 0 aromatic heterocycles. The van der Waals surface area contributed by atoms with Gasteiger partial charge in [0.2, 0.25) is 0 Å². The summed E-state index contributed by atoms with van der Waals surface area (Å²) in [4.78, 5) is 24.2. The molecule has 0 aromatic rings. The first-order valence-corrected chi connectivity index (χ1v) is 6.69. The average molecular weight is 265 g/mol. The van der Waals surface area contributed by atoms with E-state index in [1.807, 2.05) is 18.9 Å². The number of hydrogen-bond donors (Lipinski definition) is 0. The Morgan fingerprint density at radius 2 is 1.95 bits per heavy atom. The van der Waals surface area contributed by atoms with Gasteiger partial charge in [0.15, 0.2) is 11.5 Å². The maximum absolute atomic E-state index is 11.3. The monoisotopic (exact) mass is 265 g/mol. The van der Waals surface area contributed by atoms with E-state index in [-0.39, 0.29) is 17.7 Å². The van der Waals surface area contributed by atoms with Crippen LogP contribution < -0.4 is 0 Å². The molecule has 106 valence electrons. The Hall–Kier alpha value is -1.26. The van der Waals surface area contributed by atoms with E-state index in [0.29, 0.717) is 6.61 Å². The molecule has 0 amide bonds. The number of allylic oxidation sites excluding steroid dienone is 2. The molecule has 0 saturated heterocycles. The van der Waals surface area contributed by atoms with Gasteiger partial charge in [0, 0.05) is 12.0 Å². The number of ketones is 1. The van der Waals surface area contributed by atoms with Crippen LogP contribution in [0.4, 0.5) is 0 Å². The maximum atomic E-state index is 11.3. The SMILES string of the molecule is CCC(C=O)COC1(N(C)C(C)C)C=CC(=O)C=C1. The first kappa shape index (κ1) is 15.8. The van der Waals surface area contributed by atoms with Gasteiger partial charge in [-0.3, -0.25) is 9.69 Å². The van der Waals surface area contributed by atoms with E-state index in [4.69, 9.17) is 4.74 Å². The Kier molecular flexibility index (Phi) is 5.63. The average Bonchev–Trinajstić information content (AvgIpc) is 2.41. The standard InChI is InChI=1S/C15H23NO3/c1-5-13(10-17)11-19-15(16(4)12(2)3)8-6-14(18)7-9-15/h6-10,12-13H,5,11H2,1-4H3. The van der Waals surface area contributed by atoms with E-state index in [2.05, 4.69) is 13.8 Å². The molecule has 0 N–H and O–H groups in total. The lowest BCUT2D eigenvalue weighted by Crippen LogP contribution is -2.50. The number of carbonyl (C=O) groups is 2. The van der Waals surface area contributed by atoms with Crippen molar-refractivity contribution in [1.82, 2.24) is 4.90 Å². The van der Waals surface area contributed by atoms with Crippen molar-refractivity contribution in [2.75, 3.05) is 13.7 Å². The molecule has 1 aliphatic carbocycles. The third kappa shape index (κ3) is 3.85. The van der Waals surface area contributed by atoms with Gasteiger partial charge >= 0.3 is 0 Å². The molecule has 4 nitrogen and oxygen atoms in total. The van der Waals surface area contributed by atoms with Crippen molar-refractivity contribution in [1.29, 1.82) is 0 Å². The van der Waals surface area contributed by atoms with Crippen LogP contribution in [-0.2, 0) is 14.3 Å². The highest BCUT2D eigenvalue weighted by molar-refractivity contribution is 6.00. The summed E-state index contributed by atoms with van der Waals surface area (Å²) in [6, 6.07) is 0.249. The molecule has 0 spiro atoms. The molecule has 1 unspecified atom stereocenters. The highest BCUT2D eigenvalue weighted by Crippen LogP contribution is 2.26. The van der Waals surface area contributed by atoms with Gasteiger partial charge < -0.3 is 9.53 Å². The molecule has 19 heavy (non-hydrogen) atoms. The highest BCUT2D eigenvalue weighted by Gasteiger charge is 2.34. The van der Waals surface area contributed by atoms with Gasteiger partial charge in [-0.2, -0.15) is 0 Å². The van der Waals surface area contributed by atoms with Gasteiger partial charge in [-0.15, -0.1) is 0 Å². The minimum absolute atomic E-state index is 0.0428. The fraction of sp³-hybridized carbons (Fsp3) is 0.600. The van der Waals surface area contributed by atoms with Gasteiger partial charge in [-0.05, 0) is 51.6 Å². The molecule has 0 fully saturated rings. The van der Waals surface area contributed by atoms with Gasteiger partial charge in [-0.25, -0.2) is 0 Å². The summed E-state index contributed by atoms with van der Waals surface area (Å²) in [5.41, 5.74) is -0.738. The zero-order chi connectivity index (χ0) is 14.5. The first-order chi connectivity index (χ1) is 8.95. The predicted octanol–water partition coefficient (Wildman–Crippen LogP) is 1.96. The Balaban J connectivity index is 2.88. The van der Waals surface area contributed by atoms with Crippen LogP contribution >= 0.6 is 0 Å². The fourth-order valence-electron chi connectivity index (χ4n) is 1.84. The first-order valence-electron chi connectivity index (χ1n) is 6.69. The minimum Gasteiger partial charge on any atom is -0.352 e. The minimum atomic E-state index is -0.738. The van der Waals surface area contributed by atoms with Crippen molar-refractivity contribution in [3.05, 3.63) is 24.3 Å². The fourth-order valence-corrected chi connectivity index (χ4v) is 1.84. The van der Waals surface area contributed by atoms with Crippen molar-refractivity contribution in [2.24, 2.45) is 5.92 Å². The van der Waals surface area contributed by atoms with E-state index in [0.717, 1.165) is 12.7 Å². The van der Waals surface area contributed by atoms with Crippen LogP contribution in [0.3, 0.4) is 0 Å².